The number of methoxy groups -OCH3 is 3. The Morgan fingerprint density at radius 2 is 1.62 bits per heavy atom. The standard InChI is InChI=1S/C8H15NO4/c1-6(10)5-7(9)8(11-2,12-3)13-4/h5H,9H2,1-4H3/b7-5-. The van der Waals surface area contributed by atoms with E-state index in [1.54, 1.807) is 0 Å². The van der Waals surface area contributed by atoms with Crippen LogP contribution < -0.4 is 5.73 Å². The summed E-state index contributed by atoms with van der Waals surface area (Å²) in [5, 5.41) is 0. The molecule has 76 valence electrons. The van der Waals surface area contributed by atoms with Crippen LogP contribution in [0.3, 0.4) is 0 Å². The molecule has 0 heterocycles. The largest absolute Gasteiger partial charge is 0.395 e. The Morgan fingerprint density at radius 3 is 1.85 bits per heavy atom. The van der Waals surface area contributed by atoms with E-state index in [0.717, 1.165) is 0 Å². The molecule has 5 heteroatoms. The van der Waals surface area contributed by atoms with Gasteiger partial charge in [-0.3, -0.25) is 4.79 Å². The van der Waals surface area contributed by atoms with E-state index >= 15 is 0 Å². The van der Waals surface area contributed by atoms with Crippen LogP contribution in [-0.4, -0.2) is 33.1 Å². The van der Waals surface area contributed by atoms with Crippen LogP contribution >= 0.6 is 0 Å². The molecule has 0 bridgehead atoms. The van der Waals surface area contributed by atoms with E-state index in [-0.39, 0.29) is 11.5 Å². The normalized spacial score (nSPS) is 13.1. The van der Waals surface area contributed by atoms with Crippen molar-refractivity contribution in [3.63, 3.8) is 0 Å². The Balaban J connectivity index is 4.83. The van der Waals surface area contributed by atoms with Crippen molar-refractivity contribution in [2.24, 2.45) is 5.73 Å². The molecule has 0 aliphatic carbocycles. The van der Waals surface area contributed by atoms with Crippen molar-refractivity contribution in [1.82, 2.24) is 0 Å². The molecule has 5 nitrogen and oxygen atoms in total. The van der Waals surface area contributed by atoms with Crippen LogP contribution in [0.4, 0.5) is 0 Å². The number of ether oxygens (including phenoxy) is 3. The van der Waals surface area contributed by atoms with Crippen LogP contribution in [0.2, 0.25) is 0 Å². The molecule has 0 saturated carbocycles. The number of hydrogen-bond donors (Lipinski definition) is 1. The second-order valence-corrected chi connectivity index (χ2v) is 2.38. The zero-order valence-electron chi connectivity index (χ0n) is 8.29. The number of allylic oxidation sites excluding steroid dienone is 1. The minimum Gasteiger partial charge on any atom is -0.395 e. The molecule has 0 aromatic carbocycles. The minimum atomic E-state index is -1.47. The van der Waals surface area contributed by atoms with E-state index < -0.39 is 5.97 Å². The summed E-state index contributed by atoms with van der Waals surface area (Å²) < 4.78 is 14.7. The smallest absolute Gasteiger partial charge is 0.326 e. The van der Waals surface area contributed by atoms with Crippen LogP contribution in [0.25, 0.3) is 0 Å². The van der Waals surface area contributed by atoms with Crippen molar-refractivity contribution < 1.29 is 19.0 Å². The zero-order chi connectivity index (χ0) is 10.5. The highest BCUT2D eigenvalue weighted by Crippen LogP contribution is 2.18. The van der Waals surface area contributed by atoms with Gasteiger partial charge in [-0.1, -0.05) is 0 Å². The SMILES string of the molecule is COC(OC)(OC)/C(N)=C/C(C)=O. The molecule has 0 aromatic heterocycles. The molecule has 0 radical (unpaired) electrons. The minimum absolute atomic E-state index is 0.0764. The zero-order valence-corrected chi connectivity index (χ0v) is 8.29. The molecule has 0 spiro atoms. The van der Waals surface area contributed by atoms with Gasteiger partial charge in [0.1, 0.15) is 5.70 Å². The van der Waals surface area contributed by atoms with Crippen LogP contribution in [0, 0.1) is 0 Å². The lowest BCUT2D eigenvalue weighted by molar-refractivity contribution is -0.326. The number of carbonyl (C=O) groups is 1. The van der Waals surface area contributed by atoms with Crippen molar-refractivity contribution in [3.05, 3.63) is 11.8 Å². The monoisotopic (exact) mass is 189 g/mol. The number of carbonyl (C=O) groups excluding carboxylic acids is 1. The van der Waals surface area contributed by atoms with Crippen LogP contribution in [0.15, 0.2) is 11.8 Å². The van der Waals surface area contributed by atoms with E-state index in [1.165, 1.54) is 34.3 Å². The first-order chi connectivity index (χ1) is 6.02. The van der Waals surface area contributed by atoms with Gasteiger partial charge < -0.3 is 19.9 Å². The Morgan fingerprint density at radius 1 is 1.23 bits per heavy atom. The molecule has 0 saturated heterocycles. The molecule has 0 atom stereocenters. The molecule has 2 N–H and O–H groups in total. The molecular formula is C8H15NO4. The van der Waals surface area contributed by atoms with Crippen molar-refractivity contribution in [3.8, 4) is 0 Å². The molecule has 13 heavy (non-hydrogen) atoms. The van der Waals surface area contributed by atoms with Crippen LogP contribution in [0.5, 0.6) is 0 Å². The molecule has 0 amide bonds. The fourth-order valence-electron chi connectivity index (χ4n) is 0.911. The Kier molecular flexibility index (Phi) is 4.61. The molecule has 0 rings (SSSR count). The summed E-state index contributed by atoms with van der Waals surface area (Å²) in [5.74, 6) is -1.67. The lowest BCUT2D eigenvalue weighted by Gasteiger charge is -2.28. The van der Waals surface area contributed by atoms with Gasteiger partial charge >= 0.3 is 5.97 Å². The second kappa shape index (κ2) is 4.96. The number of nitrogens with two attached hydrogens (primary N) is 1. The number of hydrogen-bond acceptors (Lipinski definition) is 5. The lowest BCUT2D eigenvalue weighted by Crippen LogP contribution is -2.41. The highest BCUT2D eigenvalue weighted by molar-refractivity contribution is 5.87. The first-order valence-corrected chi connectivity index (χ1v) is 3.66. The average Bonchev–Trinajstić information content (AvgIpc) is 2.07. The Hall–Kier alpha value is -0.910. The molecule has 0 unspecified atom stereocenters. The van der Waals surface area contributed by atoms with E-state index in [2.05, 4.69) is 0 Å². The summed E-state index contributed by atoms with van der Waals surface area (Å²) in [4.78, 5) is 10.7. The Bertz CT molecular complexity index is 200. The highest BCUT2D eigenvalue weighted by Gasteiger charge is 2.33. The van der Waals surface area contributed by atoms with Crippen molar-refractivity contribution in [2.75, 3.05) is 21.3 Å². The van der Waals surface area contributed by atoms with Crippen LogP contribution in [-0.2, 0) is 19.0 Å². The summed E-state index contributed by atoms with van der Waals surface area (Å²) in [6, 6.07) is 0. The third-order valence-electron chi connectivity index (χ3n) is 1.52. The first-order valence-electron chi connectivity index (χ1n) is 3.66. The number of ketones is 1. The van der Waals surface area contributed by atoms with E-state index in [9.17, 15) is 4.79 Å². The van der Waals surface area contributed by atoms with Gasteiger partial charge in [0, 0.05) is 27.4 Å². The Labute approximate surface area is 77.4 Å². The van der Waals surface area contributed by atoms with Gasteiger partial charge in [0.05, 0.1) is 0 Å². The topological polar surface area (TPSA) is 70.8 Å². The maximum atomic E-state index is 10.7. The first kappa shape index (κ1) is 12.1. The van der Waals surface area contributed by atoms with Gasteiger partial charge in [0.2, 0.25) is 0 Å². The van der Waals surface area contributed by atoms with E-state index in [4.69, 9.17) is 19.9 Å². The third-order valence-corrected chi connectivity index (χ3v) is 1.52. The highest BCUT2D eigenvalue weighted by atomic mass is 16.9. The fraction of sp³-hybridized carbons (Fsp3) is 0.625. The maximum Gasteiger partial charge on any atom is 0.326 e. The average molecular weight is 189 g/mol. The quantitative estimate of drug-likeness (QED) is 0.487. The second-order valence-electron chi connectivity index (χ2n) is 2.38. The predicted molar refractivity (Wildman–Crippen MR) is 46.7 cm³/mol. The predicted octanol–water partition coefficient (Wildman–Crippen LogP) is 0.0110. The molecule has 0 aromatic rings. The lowest BCUT2D eigenvalue weighted by atomic mass is 10.3. The van der Waals surface area contributed by atoms with Crippen LogP contribution in [0.1, 0.15) is 6.92 Å². The third kappa shape index (κ3) is 2.80. The summed E-state index contributed by atoms with van der Waals surface area (Å²) in [6.45, 7) is 1.37. The van der Waals surface area contributed by atoms with Crippen molar-refractivity contribution in [1.29, 1.82) is 0 Å². The van der Waals surface area contributed by atoms with E-state index in [0.29, 0.717) is 0 Å². The fourth-order valence-corrected chi connectivity index (χ4v) is 0.911. The van der Waals surface area contributed by atoms with Gasteiger partial charge in [-0.25, -0.2) is 0 Å². The van der Waals surface area contributed by atoms with E-state index in [1.807, 2.05) is 0 Å². The molecule has 0 fully saturated rings. The summed E-state index contributed by atoms with van der Waals surface area (Å²) in [7, 11) is 4.11. The summed E-state index contributed by atoms with van der Waals surface area (Å²) >= 11 is 0. The van der Waals surface area contributed by atoms with Gasteiger partial charge in [0.15, 0.2) is 5.78 Å². The molecule has 0 aliphatic rings. The van der Waals surface area contributed by atoms with Crippen molar-refractivity contribution >= 4 is 5.78 Å². The van der Waals surface area contributed by atoms with Gasteiger partial charge in [-0.2, -0.15) is 0 Å². The van der Waals surface area contributed by atoms with Gasteiger partial charge in [0.25, 0.3) is 0 Å². The summed E-state index contributed by atoms with van der Waals surface area (Å²) in [5.41, 5.74) is 5.63. The van der Waals surface area contributed by atoms with Gasteiger partial charge in [-0.15, -0.1) is 0 Å². The molecular weight excluding hydrogens is 174 g/mol. The number of rotatable bonds is 5. The summed E-state index contributed by atoms with van der Waals surface area (Å²) in [6.07, 6.45) is 1.19. The van der Waals surface area contributed by atoms with Gasteiger partial charge in [-0.05, 0) is 6.92 Å². The molecule has 0 aliphatic heterocycles. The van der Waals surface area contributed by atoms with Crippen molar-refractivity contribution in [2.45, 2.75) is 12.9 Å². The maximum absolute atomic E-state index is 10.7.